The minimum Gasteiger partial charge on any atom is -0.478 e. The highest BCUT2D eigenvalue weighted by molar-refractivity contribution is 8.26. The third-order valence-electron chi connectivity index (χ3n) is 5.45. The van der Waals surface area contributed by atoms with Crippen molar-refractivity contribution in [2.45, 2.75) is 6.42 Å². The van der Waals surface area contributed by atoms with Gasteiger partial charge in [0.25, 0.3) is 5.91 Å². The van der Waals surface area contributed by atoms with Crippen LogP contribution in [0.25, 0.3) is 28.6 Å². The Hall–Kier alpha value is -4.09. The highest BCUT2D eigenvalue weighted by Crippen LogP contribution is 2.33. The summed E-state index contributed by atoms with van der Waals surface area (Å²) in [6.45, 7) is 0.408. The highest BCUT2D eigenvalue weighted by Gasteiger charge is 2.31. The van der Waals surface area contributed by atoms with Crippen molar-refractivity contribution in [1.29, 1.82) is 0 Å². The summed E-state index contributed by atoms with van der Waals surface area (Å²) in [5.41, 5.74) is 9.79. The van der Waals surface area contributed by atoms with E-state index in [0.29, 0.717) is 45.0 Å². The molecule has 1 aliphatic rings. The number of carbonyl (C=O) groups is 2. The summed E-state index contributed by atoms with van der Waals surface area (Å²) in [7, 11) is 0. The quantitative estimate of drug-likeness (QED) is 0.266. The second-order valence-electron chi connectivity index (χ2n) is 7.74. The average molecular weight is 503 g/mol. The number of thioether (sulfide) groups is 1. The second kappa shape index (κ2) is 9.28. The molecule has 1 fully saturated rings. The van der Waals surface area contributed by atoms with E-state index in [2.05, 4.69) is 19.9 Å². The Kier molecular flexibility index (Phi) is 6.01. The zero-order valence-electron chi connectivity index (χ0n) is 18.1. The van der Waals surface area contributed by atoms with Crippen LogP contribution in [0.4, 0.5) is 5.82 Å². The van der Waals surface area contributed by atoms with Gasteiger partial charge < -0.3 is 15.8 Å². The van der Waals surface area contributed by atoms with Gasteiger partial charge in [-0.1, -0.05) is 54.3 Å². The molecule has 5 rings (SSSR count). The van der Waals surface area contributed by atoms with Crippen LogP contribution in [0.2, 0.25) is 0 Å². The Morgan fingerprint density at radius 2 is 2.00 bits per heavy atom. The van der Waals surface area contributed by atoms with Gasteiger partial charge in [-0.15, -0.1) is 0 Å². The molecule has 1 amide bonds. The molecular weight excluding hydrogens is 484 g/mol. The smallest absolute Gasteiger partial charge is 0.335 e. The van der Waals surface area contributed by atoms with Gasteiger partial charge in [-0.05, 0) is 41.8 Å². The molecule has 0 saturated carbocycles. The fourth-order valence-corrected chi connectivity index (χ4v) is 4.96. The number of benzene rings is 2. The minimum absolute atomic E-state index is 0.161. The summed E-state index contributed by atoms with van der Waals surface area (Å²) in [5.74, 6) is -0.379. The Morgan fingerprint density at radius 1 is 1.20 bits per heavy atom. The van der Waals surface area contributed by atoms with Crippen LogP contribution in [0.5, 0.6) is 0 Å². The molecule has 11 heteroatoms. The number of anilines is 1. The van der Waals surface area contributed by atoms with E-state index < -0.39 is 5.97 Å². The Bertz CT molecular complexity index is 1510. The van der Waals surface area contributed by atoms with Crippen LogP contribution in [0.15, 0.2) is 59.8 Å². The largest absolute Gasteiger partial charge is 0.478 e. The first-order valence-corrected chi connectivity index (χ1v) is 11.8. The number of nitrogens with zero attached hydrogens (tertiary/aromatic N) is 4. The molecule has 0 atom stereocenters. The van der Waals surface area contributed by atoms with Crippen molar-refractivity contribution in [3.63, 3.8) is 0 Å². The summed E-state index contributed by atoms with van der Waals surface area (Å²) in [4.78, 5) is 42.0. The first-order chi connectivity index (χ1) is 16.9. The van der Waals surface area contributed by atoms with Gasteiger partial charge in [0.2, 0.25) is 0 Å². The number of nitrogen functional groups attached to an aromatic ring is 1. The summed E-state index contributed by atoms with van der Waals surface area (Å²) in [6.07, 6.45) is 3.87. The van der Waals surface area contributed by atoms with E-state index in [1.54, 1.807) is 35.2 Å². The summed E-state index contributed by atoms with van der Waals surface area (Å²) >= 11 is 6.69. The number of carbonyl (C=O) groups excluding carboxylic acids is 1. The number of H-pyrrole nitrogens is 1. The number of fused-ring (bicyclic) bond motifs is 1. The predicted molar refractivity (Wildman–Crippen MR) is 139 cm³/mol. The maximum Gasteiger partial charge on any atom is 0.335 e. The first kappa shape index (κ1) is 22.7. The molecule has 174 valence electrons. The molecule has 3 heterocycles. The molecule has 2 aromatic carbocycles. The van der Waals surface area contributed by atoms with Crippen LogP contribution in [0, 0.1) is 0 Å². The number of thiocarbonyl (C=S) groups is 1. The number of imidazole rings is 1. The zero-order valence-corrected chi connectivity index (χ0v) is 19.8. The van der Waals surface area contributed by atoms with E-state index in [-0.39, 0.29) is 11.5 Å². The van der Waals surface area contributed by atoms with Crippen LogP contribution < -0.4 is 5.73 Å². The van der Waals surface area contributed by atoms with Crippen molar-refractivity contribution in [3.05, 3.63) is 76.5 Å². The predicted octanol–water partition coefficient (Wildman–Crippen LogP) is 3.74. The number of rotatable bonds is 6. The van der Waals surface area contributed by atoms with Crippen molar-refractivity contribution in [3.8, 4) is 11.4 Å². The van der Waals surface area contributed by atoms with Gasteiger partial charge in [0.05, 0.1) is 16.8 Å². The number of carboxylic acid groups (broad SMARTS) is 1. The molecule has 0 bridgehead atoms. The second-order valence-corrected chi connectivity index (χ2v) is 9.42. The van der Waals surface area contributed by atoms with Gasteiger partial charge in [0, 0.05) is 12.1 Å². The monoisotopic (exact) mass is 502 g/mol. The Morgan fingerprint density at radius 3 is 2.77 bits per heavy atom. The number of nitrogens with one attached hydrogen (secondary N) is 1. The highest BCUT2D eigenvalue weighted by atomic mass is 32.2. The summed E-state index contributed by atoms with van der Waals surface area (Å²) < 4.78 is 0.486. The lowest BCUT2D eigenvalue weighted by Gasteiger charge is -2.14. The molecule has 0 unspecified atom stereocenters. The zero-order chi connectivity index (χ0) is 24.5. The number of hydrogen-bond donors (Lipinski definition) is 3. The van der Waals surface area contributed by atoms with Crippen LogP contribution in [0.3, 0.4) is 0 Å². The number of aromatic amines is 1. The molecule has 0 aliphatic carbocycles. The third kappa shape index (κ3) is 4.63. The van der Waals surface area contributed by atoms with Crippen molar-refractivity contribution < 1.29 is 14.7 Å². The molecule has 4 aromatic rings. The van der Waals surface area contributed by atoms with E-state index >= 15 is 0 Å². The topological polar surface area (TPSA) is 138 Å². The molecule has 9 nitrogen and oxygen atoms in total. The molecule has 1 saturated heterocycles. The maximum absolute atomic E-state index is 13.0. The Labute approximate surface area is 209 Å². The fourth-order valence-electron chi connectivity index (χ4n) is 3.65. The molecule has 0 radical (unpaired) electrons. The van der Waals surface area contributed by atoms with E-state index in [1.165, 1.54) is 18.1 Å². The lowest BCUT2D eigenvalue weighted by atomic mass is 10.1. The van der Waals surface area contributed by atoms with Crippen LogP contribution in [-0.2, 0) is 11.2 Å². The molecule has 1 aliphatic heterocycles. The van der Waals surface area contributed by atoms with E-state index in [9.17, 15) is 9.59 Å². The van der Waals surface area contributed by atoms with Gasteiger partial charge >= 0.3 is 5.97 Å². The number of amides is 1. The fraction of sp³-hybridized carbons (Fsp3) is 0.0833. The standard InChI is InChI=1S/C24H18N6O3S2/c25-19-18-21(27-12-26-18)29-20(28-19)16-3-1-2-14(10-16)11-17-22(31)30(24(34)35-17)9-8-13-4-6-15(7-5-13)23(32)33/h1-7,10-12H,8-9H2,(H,32,33)(H3,25,26,27,28,29). The average Bonchev–Trinajstić information content (AvgIpc) is 3.43. The summed E-state index contributed by atoms with van der Waals surface area (Å²) in [5, 5.41) is 9.03. The van der Waals surface area contributed by atoms with Gasteiger partial charge in [-0.25, -0.2) is 19.7 Å². The van der Waals surface area contributed by atoms with E-state index in [4.69, 9.17) is 23.1 Å². The van der Waals surface area contributed by atoms with E-state index in [1.807, 2.05) is 24.3 Å². The number of carboxylic acids is 1. The molecule has 4 N–H and O–H groups in total. The van der Waals surface area contributed by atoms with Crippen molar-refractivity contribution in [2.75, 3.05) is 12.3 Å². The van der Waals surface area contributed by atoms with Gasteiger partial charge in [0.1, 0.15) is 9.84 Å². The molecule has 35 heavy (non-hydrogen) atoms. The first-order valence-electron chi connectivity index (χ1n) is 10.5. The molecule has 2 aromatic heterocycles. The van der Waals surface area contributed by atoms with E-state index in [0.717, 1.165) is 16.7 Å². The maximum atomic E-state index is 13.0. The normalized spacial score (nSPS) is 14.9. The number of hydrogen-bond acceptors (Lipinski definition) is 8. The number of aromatic carboxylic acids is 1. The van der Waals surface area contributed by atoms with Crippen molar-refractivity contribution in [2.24, 2.45) is 0 Å². The molecular formula is C24H18N6O3S2. The number of aromatic nitrogens is 4. The summed E-state index contributed by atoms with van der Waals surface area (Å²) in [6, 6.07) is 14.1. The van der Waals surface area contributed by atoms with Gasteiger partial charge in [0.15, 0.2) is 17.3 Å². The SMILES string of the molecule is Nc1nc(-c2cccc(C=C3SC(=S)N(CCc4ccc(C(=O)O)cc4)C3=O)c2)nc2nc[nH]c12. The molecule has 0 spiro atoms. The lowest BCUT2D eigenvalue weighted by Crippen LogP contribution is -2.30. The number of nitrogens with two attached hydrogens (primary N) is 1. The Balaban J connectivity index is 1.33. The van der Waals surface area contributed by atoms with Crippen LogP contribution in [-0.4, -0.2) is 52.7 Å². The van der Waals surface area contributed by atoms with Gasteiger partial charge in [-0.3, -0.25) is 9.69 Å². The van der Waals surface area contributed by atoms with Crippen LogP contribution >= 0.6 is 24.0 Å². The lowest BCUT2D eigenvalue weighted by molar-refractivity contribution is -0.122. The third-order valence-corrected chi connectivity index (χ3v) is 6.83. The van der Waals surface area contributed by atoms with Crippen LogP contribution in [0.1, 0.15) is 21.5 Å². The minimum atomic E-state index is -0.973. The van der Waals surface area contributed by atoms with Crippen molar-refractivity contribution >= 4 is 63.2 Å². The van der Waals surface area contributed by atoms with Gasteiger partial charge in [-0.2, -0.15) is 0 Å². The van der Waals surface area contributed by atoms with Crippen molar-refractivity contribution in [1.82, 2.24) is 24.8 Å².